The molecular weight excluding hydrogens is 310 g/mol. The number of hydrogen-bond donors (Lipinski definition) is 1. The third-order valence-electron chi connectivity index (χ3n) is 4.52. The predicted molar refractivity (Wildman–Crippen MR) is 99.0 cm³/mol. The zero-order valence-corrected chi connectivity index (χ0v) is 13.9. The van der Waals surface area contributed by atoms with Crippen molar-refractivity contribution in [1.82, 2.24) is 15.1 Å². The number of carbonyl (C=O) groups excluding carboxylic acids is 1. The number of nitrogens with one attached hydrogen (secondary N) is 1. The number of hydrogen-bond acceptors (Lipinski definition) is 2. The first-order valence-electron chi connectivity index (χ1n) is 8.46. The zero-order valence-electron chi connectivity index (χ0n) is 13.9. The normalized spacial score (nSPS) is 14.2. The Morgan fingerprint density at radius 2 is 1.64 bits per heavy atom. The second kappa shape index (κ2) is 6.77. The molecule has 1 aliphatic heterocycles. The van der Waals surface area contributed by atoms with Crippen molar-refractivity contribution in [3.05, 3.63) is 84.1 Å². The van der Waals surface area contributed by atoms with E-state index < -0.39 is 0 Å². The Morgan fingerprint density at radius 1 is 0.960 bits per heavy atom. The molecule has 4 rings (SSSR count). The van der Waals surface area contributed by atoms with Crippen molar-refractivity contribution in [2.24, 2.45) is 0 Å². The molecule has 4 heteroatoms. The van der Waals surface area contributed by atoms with Crippen LogP contribution in [0.3, 0.4) is 0 Å². The van der Waals surface area contributed by atoms with Gasteiger partial charge in [0.05, 0.1) is 5.69 Å². The van der Waals surface area contributed by atoms with Crippen LogP contribution in [0.5, 0.6) is 0 Å². The first-order valence-corrected chi connectivity index (χ1v) is 8.46. The van der Waals surface area contributed by atoms with Crippen molar-refractivity contribution in [2.75, 3.05) is 13.1 Å². The average molecular weight is 329 g/mol. The second-order valence-corrected chi connectivity index (χ2v) is 6.13. The van der Waals surface area contributed by atoms with Gasteiger partial charge in [-0.3, -0.25) is 9.89 Å². The Labute approximate surface area is 146 Å². The summed E-state index contributed by atoms with van der Waals surface area (Å²) in [6, 6.07) is 22.0. The summed E-state index contributed by atoms with van der Waals surface area (Å²) in [6.07, 6.45) is 3.01. The van der Waals surface area contributed by atoms with Crippen molar-refractivity contribution < 1.29 is 4.79 Å². The molecule has 1 aliphatic rings. The Balaban J connectivity index is 1.48. The Kier molecular flexibility index (Phi) is 4.17. The molecule has 4 nitrogen and oxygen atoms in total. The summed E-state index contributed by atoms with van der Waals surface area (Å²) < 4.78 is 0. The number of benzene rings is 2. The summed E-state index contributed by atoms with van der Waals surface area (Å²) in [4.78, 5) is 14.6. The van der Waals surface area contributed by atoms with Crippen LogP contribution in [0, 0.1) is 0 Å². The first kappa shape index (κ1) is 15.4. The topological polar surface area (TPSA) is 49.0 Å². The van der Waals surface area contributed by atoms with Gasteiger partial charge in [0.1, 0.15) is 5.69 Å². The van der Waals surface area contributed by atoms with Crippen LogP contribution in [0.15, 0.2) is 72.8 Å². The van der Waals surface area contributed by atoms with E-state index in [0.29, 0.717) is 12.2 Å². The molecular formula is C21H19N3O. The highest BCUT2D eigenvalue weighted by Crippen LogP contribution is 2.23. The van der Waals surface area contributed by atoms with Crippen molar-refractivity contribution in [3.63, 3.8) is 0 Å². The fraction of sp³-hybridized carbons (Fsp3) is 0.143. The molecule has 0 unspecified atom stereocenters. The van der Waals surface area contributed by atoms with Gasteiger partial charge in [-0.15, -0.1) is 0 Å². The zero-order chi connectivity index (χ0) is 17.1. The molecule has 0 atom stereocenters. The molecule has 3 aromatic rings. The van der Waals surface area contributed by atoms with Gasteiger partial charge < -0.3 is 4.90 Å². The number of H-pyrrole nitrogens is 1. The molecule has 1 amide bonds. The van der Waals surface area contributed by atoms with Gasteiger partial charge in [0.2, 0.25) is 0 Å². The molecule has 0 radical (unpaired) electrons. The average Bonchev–Trinajstić information content (AvgIpc) is 3.19. The fourth-order valence-electron chi connectivity index (χ4n) is 3.13. The second-order valence-electron chi connectivity index (χ2n) is 6.13. The quantitative estimate of drug-likeness (QED) is 0.789. The van der Waals surface area contributed by atoms with Crippen molar-refractivity contribution >= 4 is 11.5 Å². The summed E-state index contributed by atoms with van der Waals surface area (Å²) in [5.41, 5.74) is 4.88. The number of aromatic nitrogens is 2. The summed E-state index contributed by atoms with van der Waals surface area (Å²) in [5, 5.41) is 7.16. The van der Waals surface area contributed by atoms with Gasteiger partial charge in [0, 0.05) is 18.7 Å². The molecule has 0 spiro atoms. The van der Waals surface area contributed by atoms with Crippen molar-refractivity contribution in [3.8, 4) is 11.3 Å². The van der Waals surface area contributed by atoms with E-state index in [9.17, 15) is 4.79 Å². The van der Waals surface area contributed by atoms with E-state index in [1.54, 1.807) is 0 Å². The number of amides is 1. The molecule has 1 N–H and O–H groups in total. The molecule has 124 valence electrons. The van der Waals surface area contributed by atoms with E-state index in [1.165, 1.54) is 11.1 Å². The largest absolute Gasteiger partial charge is 0.333 e. The lowest BCUT2D eigenvalue weighted by molar-refractivity contribution is 0.0767. The number of nitrogens with zero attached hydrogens (tertiary/aromatic N) is 2. The van der Waals surface area contributed by atoms with E-state index in [4.69, 9.17) is 0 Å². The number of aromatic amines is 1. The molecule has 1 aromatic heterocycles. The molecule has 2 aromatic carbocycles. The van der Waals surface area contributed by atoms with Gasteiger partial charge in [-0.2, -0.15) is 5.10 Å². The van der Waals surface area contributed by atoms with Gasteiger partial charge in [0.15, 0.2) is 0 Å². The van der Waals surface area contributed by atoms with Crippen LogP contribution >= 0.6 is 0 Å². The highest BCUT2D eigenvalue weighted by atomic mass is 16.2. The maximum atomic E-state index is 12.7. The lowest BCUT2D eigenvalue weighted by Crippen LogP contribution is -2.34. The predicted octanol–water partition coefficient (Wildman–Crippen LogP) is 4.01. The first-order chi connectivity index (χ1) is 12.3. The van der Waals surface area contributed by atoms with Gasteiger partial charge in [0.25, 0.3) is 5.91 Å². The van der Waals surface area contributed by atoms with E-state index in [1.807, 2.05) is 59.5 Å². The smallest absolute Gasteiger partial charge is 0.272 e. The van der Waals surface area contributed by atoms with Gasteiger partial charge >= 0.3 is 0 Å². The maximum absolute atomic E-state index is 12.7. The monoisotopic (exact) mass is 329 g/mol. The SMILES string of the molecule is O=C(c1cc(-c2ccccc2)n[nH]1)N1CC=C(c2ccccc2)CC1. The fourth-order valence-corrected chi connectivity index (χ4v) is 3.13. The number of rotatable bonds is 3. The molecule has 0 aliphatic carbocycles. The van der Waals surface area contributed by atoms with Gasteiger partial charge in [-0.25, -0.2) is 0 Å². The summed E-state index contributed by atoms with van der Waals surface area (Å²) in [7, 11) is 0. The lowest BCUT2D eigenvalue weighted by Gasteiger charge is -2.26. The van der Waals surface area contributed by atoms with Crippen LogP contribution in [0.1, 0.15) is 22.5 Å². The van der Waals surface area contributed by atoms with Crippen LogP contribution in [0.25, 0.3) is 16.8 Å². The lowest BCUT2D eigenvalue weighted by atomic mass is 9.99. The minimum Gasteiger partial charge on any atom is -0.333 e. The van der Waals surface area contributed by atoms with E-state index in [0.717, 1.165) is 24.2 Å². The molecule has 0 saturated heterocycles. The summed E-state index contributed by atoms with van der Waals surface area (Å²) >= 11 is 0. The van der Waals surface area contributed by atoms with E-state index >= 15 is 0 Å². The Morgan fingerprint density at radius 3 is 2.28 bits per heavy atom. The van der Waals surface area contributed by atoms with Crippen LogP contribution in [-0.4, -0.2) is 34.1 Å². The third-order valence-corrected chi connectivity index (χ3v) is 4.52. The van der Waals surface area contributed by atoms with Gasteiger partial charge in [-0.1, -0.05) is 66.7 Å². The highest BCUT2D eigenvalue weighted by molar-refractivity contribution is 5.94. The van der Waals surface area contributed by atoms with Crippen molar-refractivity contribution in [2.45, 2.75) is 6.42 Å². The highest BCUT2D eigenvalue weighted by Gasteiger charge is 2.21. The standard InChI is InChI=1S/C21H19N3O/c25-21(20-15-19(22-23-20)18-9-5-2-6-10-18)24-13-11-17(12-14-24)16-7-3-1-4-8-16/h1-11,15H,12-14H2,(H,22,23). The molecule has 2 heterocycles. The maximum Gasteiger partial charge on any atom is 0.272 e. The van der Waals surface area contributed by atoms with E-state index in [-0.39, 0.29) is 5.91 Å². The van der Waals surface area contributed by atoms with Crippen LogP contribution in [0.4, 0.5) is 0 Å². The summed E-state index contributed by atoms with van der Waals surface area (Å²) in [5.74, 6) is -0.00181. The third kappa shape index (κ3) is 3.24. The molecule has 0 fully saturated rings. The summed E-state index contributed by atoms with van der Waals surface area (Å²) in [6.45, 7) is 1.35. The molecule has 0 bridgehead atoms. The Hall–Kier alpha value is -3.14. The van der Waals surface area contributed by atoms with Crippen LogP contribution < -0.4 is 0 Å². The molecule has 25 heavy (non-hydrogen) atoms. The van der Waals surface area contributed by atoms with Gasteiger partial charge in [-0.05, 0) is 23.6 Å². The minimum absolute atomic E-state index is 0.00181. The molecule has 0 saturated carbocycles. The van der Waals surface area contributed by atoms with Crippen molar-refractivity contribution in [1.29, 1.82) is 0 Å². The van der Waals surface area contributed by atoms with Crippen LogP contribution in [-0.2, 0) is 0 Å². The Bertz CT molecular complexity index is 897. The van der Waals surface area contributed by atoms with Crippen LogP contribution in [0.2, 0.25) is 0 Å². The number of carbonyl (C=O) groups is 1. The van der Waals surface area contributed by atoms with E-state index in [2.05, 4.69) is 28.4 Å². The minimum atomic E-state index is -0.00181.